The molecule has 12 rings (SSSR count). The van der Waals surface area contributed by atoms with Crippen LogP contribution in [0.5, 0.6) is 5.75 Å². The monoisotopic (exact) mass is 792 g/mol. The largest absolute Gasteiger partial charge is 0.492 e. The zero-order valence-electron chi connectivity index (χ0n) is 34.0. The maximum atomic E-state index is 13.5. The minimum absolute atomic E-state index is 0.0376. The van der Waals surface area contributed by atoms with Crippen LogP contribution >= 0.6 is 0 Å². The number of nitrogens with zero attached hydrogens (tertiary/aromatic N) is 5. The van der Waals surface area contributed by atoms with Gasteiger partial charge in [0, 0.05) is 53.3 Å². The van der Waals surface area contributed by atoms with Crippen LogP contribution in [-0.4, -0.2) is 81.9 Å². The molecule has 11 nitrogen and oxygen atoms in total. The number of hydrogen-bond acceptors (Lipinski definition) is 8. The summed E-state index contributed by atoms with van der Waals surface area (Å²) < 4.78 is 8.78. The predicted octanol–water partition coefficient (Wildman–Crippen LogP) is 6.19. The van der Waals surface area contributed by atoms with Crippen LogP contribution in [0, 0.1) is 12.3 Å². The van der Waals surface area contributed by atoms with Gasteiger partial charge in [-0.1, -0.05) is 37.5 Å². The average molecular weight is 793 g/mol. The van der Waals surface area contributed by atoms with Crippen molar-refractivity contribution in [3.05, 3.63) is 92.5 Å². The smallest absolute Gasteiger partial charge is 0.281 e. The van der Waals surface area contributed by atoms with E-state index in [2.05, 4.69) is 56.1 Å². The third kappa shape index (κ3) is 5.12. The summed E-state index contributed by atoms with van der Waals surface area (Å²) in [6, 6.07) is 17.4. The molecule has 0 bridgehead atoms. The molecule has 6 aliphatic heterocycles. The highest BCUT2D eigenvalue weighted by Crippen LogP contribution is 2.56. The van der Waals surface area contributed by atoms with Crippen molar-refractivity contribution in [2.45, 2.75) is 120 Å². The second-order valence-corrected chi connectivity index (χ2v) is 19.4. The summed E-state index contributed by atoms with van der Waals surface area (Å²) in [5, 5.41) is 3.15. The van der Waals surface area contributed by atoms with Gasteiger partial charge in [-0.3, -0.25) is 29.1 Å². The maximum Gasteiger partial charge on any atom is 0.281 e. The van der Waals surface area contributed by atoms with Crippen LogP contribution in [0.15, 0.2) is 53.3 Å². The lowest BCUT2D eigenvalue weighted by Crippen LogP contribution is -2.57. The first kappa shape index (κ1) is 35.9. The highest BCUT2D eigenvalue weighted by Gasteiger charge is 2.53. The van der Waals surface area contributed by atoms with Crippen molar-refractivity contribution in [3.63, 3.8) is 0 Å². The first-order chi connectivity index (χ1) is 28.7. The van der Waals surface area contributed by atoms with Gasteiger partial charge >= 0.3 is 0 Å². The molecule has 3 spiro atoms. The van der Waals surface area contributed by atoms with E-state index in [-0.39, 0.29) is 40.5 Å². The number of aromatic nitrogens is 2. The molecule has 1 N–H and O–H groups in total. The third-order valence-corrected chi connectivity index (χ3v) is 16.5. The molecular formula is C48H52N6O5. The lowest BCUT2D eigenvalue weighted by molar-refractivity contribution is -0.136. The van der Waals surface area contributed by atoms with E-state index in [0.717, 1.165) is 98.3 Å². The number of carbonyl (C=O) groups excluding carboxylic acids is 3. The van der Waals surface area contributed by atoms with Crippen molar-refractivity contribution in [1.29, 1.82) is 0 Å². The second-order valence-electron chi connectivity index (χ2n) is 19.4. The van der Waals surface area contributed by atoms with Gasteiger partial charge in [-0.25, -0.2) is 0 Å². The number of carbonyl (C=O) groups is 3. The van der Waals surface area contributed by atoms with Gasteiger partial charge in [0.15, 0.2) is 0 Å². The summed E-state index contributed by atoms with van der Waals surface area (Å²) in [6.45, 7) is 7.29. The average Bonchev–Trinajstić information content (AvgIpc) is 3.85. The van der Waals surface area contributed by atoms with Crippen LogP contribution < -0.4 is 20.5 Å². The summed E-state index contributed by atoms with van der Waals surface area (Å²) in [6.07, 6.45) is 13.4. The van der Waals surface area contributed by atoms with Crippen molar-refractivity contribution >= 4 is 34.3 Å². The quantitative estimate of drug-likeness (QED) is 0.244. The van der Waals surface area contributed by atoms with E-state index < -0.39 is 6.04 Å². The first-order valence-corrected chi connectivity index (χ1v) is 22.3. The number of rotatable bonds is 3. The van der Waals surface area contributed by atoms with Crippen LogP contribution in [-0.2, 0) is 27.0 Å². The van der Waals surface area contributed by atoms with E-state index in [9.17, 15) is 19.2 Å². The number of benzene rings is 3. The van der Waals surface area contributed by atoms with Crippen molar-refractivity contribution in [2.24, 2.45) is 5.41 Å². The number of imide groups is 1. The Morgan fingerprint density at radius 2 is 1.64 bits per heavy atom. The molecule has 7 heterocycles. The number of aryl methyl sites for hydroxylation is 1. The van der Waals surface area contributed by atoms with Gasteiger partial charge in [-0.15, -0.1) is 0 Å². The normalized spacial score (nSPS) is 25.2. The summed E-state index contributed by atoms with van der Waals surface area (Å²) >= 11 is 0. The number of hydrogen-bond donors (Lipinski definition) is 1. The molecule has 3 saturated heterocycles. The van der Waals surface area contributed by atoms with Gasteiger partial charge in [-0.05, 0) is 125 Å². The standard InChI is InChI=1S/C48H52N6O5/c1-29-6-5-7-37-40(29)43(57)50-45-48(14-3-2-4-15-48)35-24-30(8-11-36(35)54(37)45)51-20-16-46(17-21-51)25-31(26-46)52-22-18-47(19-23-52)28-59-41-33-27-53(38-12-13-39(55)49-42(38)56)44(58)32(33)9-10-34(41)47/h5-11,24,31,38H,2-4,12-23,25-28H2,1H3,(H,49,55,56)/t38-/m0/s1. The predicted molar refractivity (Wildman–Crippen MR) is 223 cm³/mol. The van der Waals surface area contributed by atoms with Gasteiger partial charge in [-0.2, -0.15) is 4.98 Å². The number of amides is 3. The number of anilines is 1. The molecule has 0 radical (unpaired) electrons. The van der Waals surface area contributed by atoms with Crippen molar-refractivity contribution in [3.8, 4) is 11.4 Å². The molecule has 5 fully saturated rings. The van der Waals surface area contributed by atoms with E-state index in [1.165, 1.54) is 54.6 Å². The number of ether oxygens (including phenoxy) is 1. The van der Waals surface area contributed by atoms with E-state index >= 15 is 0 Å². The molecular weight excluding hydrogens is 741 g/mol. The Bertz CT molecular complexity index is 2550. The van der Waals surface area contributed by atoms with Crippen LogP contribution in [0.25, 0.3) is 16.6 Å². The summed E-state index contributed by atoms with van der Waals surface area (Å²) in [7, 11) is 0. The van der Waals surface area contributed by atoms with Crippen molar-refractivity contribution in [1.82, 2.24) is 24.7 Å². The van der Waals surface area contributed by atoms with Gasteiger partial charge < -0.3 is 19.4 Å². The Kier molecular flexibility index (Phi) is 7.75. The molecule has 0 unspecified atom stereocenters. The van der Waals surface area contributed by atoms with Crippen LogP contribution in [0.3, 0.4) is 0 Å². The highest BCUT2D eigenvalue weighted by molar-refractivity contribution is 6.06. The molecule has 2 saturated carbocycles. The zero-order chi connectivity index (χ0) is 39.8. The van der Waals surface area contributed by atoms with Gasteiger partial charge in [0.05, 0.1) is 35.2 Å². The van der Waals surface area contributed by atoms with E-state index in [0.29, 0.717) is 36.6 Å². The molecule has 3 aromatic carbocycles. The van der Waals surface area contributed by atoms with E-state index in [1.54, 1.807) is 4.90 Å². The first-order valence-electron chi connectivity index (χ1n) is 22.3. The summed E-state index contributed by atoms with van der Waals surface area (Å²) in [4.78, 5) is 63.2. The Labute approximate surface area is 344 Å². The molecule has 304 valence electrons. The van der Waals surface area contributed by atoms with Crippen molar-refractivity contribution < 1.29 is 19.1 Å². The molecule has 4 aromatic rings. The molecule has 59 heavy (non-hydrogen) atoms. The SMILES string of the molecule is Cc1cccc2c1c(=O)nc1n2-c2ccc(N3CCC4(CC3)CC(N3CCC5(CC3)COc3c5ccc5c3CN([C@H]3CCC(=O)NC3=O)C5=O)C4)cc2C12CCCCC2. The Morgan fingerprint density at radius 3 is 2.42 bits per heavy atom. The Balaban J connectivity index is 0.709. The lowest BCUT2D eigenvalue weighted by atomic mass is 9.59. The molecule has 3 amide bonds. The topological polar surface area (TPSA) is 117 Å². The fraction of sp³-hybridized carbons (Fsp3) is 0.521. The van der Waals surface area contributed by atoms with Gasteiger partial charge in [0.1, 0.15) is 17.6 Å². The zero-order valence-corrected chi connectivity index (χ0v) is 34.0. The molecule has 1 aromatic heterocycles. The second kappa shape index (κ2) is 12.7. The number of nitrogens with one attached hydrogen (secondary N) is 1. The molecule has 1 atom stereocenters. The Hall–Kier alpha value is -5.03. The molecule has 11 heteroatoms. The van der Waals surface area contributed by atoms with Gasteiger partial charge in [0.25, 0.3) is 11.5 Å². The summed E-state index contributed by atoms with van der Waals surface area (Å²) in [5.74, 6) is 1.01. The maximum absolute atomic E-state index is 13.5. The van der Waals surface area contributed by atoms with Crippen LogP contribution in [0.1, 0.15) is 122 Å². The molecule has 2 aliphatic carbocycles. The number of fused-ring (bicyclic) bond motifs is 11. The number of piperidine rings is 3. The number of likely N-dealkylation sites (tertiary alicyclic amines) is 1. The van der Waals surface area contributed by atoms with Gasteiger partial charge in [0.2, 0.25) is 11.8 Å². The highest BCUT2D eigenvalue weighted by atomic mass is 16.5. The fourth-order valence-corrected chi connectivity index (χ4v) is 13.1. The van der Waals surface area contributed by atoms with Crippen molar-refractivity contribution in [2.75, 3.05) is 37.7 Å². The lowest BCUT2D eigenvalue weighted by Gasteiger charge is -2.57. The molecule has 8 aliphatic rings. The van der Waals surface area contributed by atoms with E-state index in [1.807, 2.05) is 19.1 Å². The minimum atomic E-state index is -0.621. The summed E-state index contributed by atoms with van der Waals surface area (Å²) in [5.41, 5.74) is 8.72. The van der Waals surface area contributed by atoms with Crippen LogP contribution in [0.2, 0.25) is 0 Å². The Morgan fingerprint density at radius 1 is 0.847 bits per heavy atom. The minimum Gasteiger partial charge on any atom is -0.492 e. The fourth-order valence-electron chi connectivity index (χ4n) is 13.1. The van der Waals surface area contributed by atoms with E-state index in [4.69, 9.17) is 9.72 Å². The van der Waals surface area contributed by atoms with Crippen LogP contribution in [0.4, 0.5) is 5.69 Å². The third-order valence-electron chi connectivity index (χ3n) is 16.5.